The SMILES string of the molecule is O=C(/C=c1/[nH]c(=O)/c(=C\c2ccc(O)c(Br)c2)s1)c1ccncc1. The summed E-state index contributed by atoms with van der Waals surface area (Å²) < 4.78 is 1.50. The Morgan fingerprint density at radius 1 is 1.25 bits per heavy atom. The number of phenols is 1. The number of aromatic amines is 1. The van der Waals surface area contributed by atoms with Crippen molar-refractivity contribution >= 4 is 45.2 Å². The van der Waals surface area contributed by atoms with Crippen LogP contribution in [0.2, 0.25) is 0 Å². The third kappa shape index (κ3) is 3.69. The van der Waals surface area contributed by atoms with Crippen molar-refractivity contribution in [1.29, 1.82) is 0 Å². The average Bonchev–Trinajstić information content (AvgIpc) is 2.91. The first-order valence-corrected chi connectivity index (χ1v) is 8.49. The van der Waals surface area contributed by atoms with Gasteiger partial charge >= 0.3 is 0 Å². The normalized spacial score (nSPS) is 12.5. The molecule has 120 valence electrons. The van der Waals surface area contributed by atoms with E-state index in [1.807, 2.05) is 0 Å². The Morgan fingerprint density at radius 3 is 2.71 bits per heavy atom. The first kappa shape index (κ1) is 16.4. The zero-order valence-corrected chi connectivity index (χ0v) is 14.6. The predicted octanol–water partition coefficient (Wildman–Crippen LogP) is 1.79. The van der Waals surface area contributed by atoms with Gasteiger partial charge < -0.3 is 10.1 Å². The summed E-state index contributed by atoms with van der Waals surface area (Å²) >= 11 is 4.43. The molecular weight excluding hydrogens is 392 g/mol. The number of aromatic nitrogens is 2. The van der Waals surface area contributed by atoms with Crippen LogP contribution in [-0.4, -0.2) is 20.9 Å². The molecule has 3 aromatic rings. The maximum absolute atomic E-state index is 12.1. The van der Waals surface area contributed by atoms with Crippen LogP contribution in [0.3, 0.4) is 0 Å². The Kier molecular flexibility index (Phi) is 4.73. The molecule has 0 unspecified atom stereocenters. The largest absolute Gasteiger partial charge is 0.507 e. The number of benzene rings is 1. The van der Waals surface area contributed by atoms with Gasteiger partial charge in [-0.2, -0.15) is 0 Å². The molecular formula is C17H11BrN2O3S. The molecule has 0 atom stereocenters. The molecule has 2 aromatic heterocycles. The second kappa shape index (κ2) is 6.94. The van der Waals surface area contributed by atoms with Gasteiger partial charge in [-0.25, -0.2) is 0 Å². The van der Waals surface area contributed by atoms with Crippen molar-refractivity contribution in [3.63, 3.8) is 0 Å². The molecule has 2 heterocycles. The predicted molar refractivity (Wildman–Crippen MR) is 96.6 cm³/mol. The number of ketones is 1. The molecule has 0 aliphatic rings. The Hall–Kier alpha value is -2.51. The zero-order chi connectivity index (χ0) is 17.1. The fraction of sp³-hybridized carbons (Fsp3) is 0. The number of H-pyrrole nitrogens is 1. The summed E-state index contributed by atoms with van der Waals surface area (Å²) in [7, 11) is 0. The molecule has 3 rings (SSSR count). The molecule has 7 heteroatoms. The molecule has 5 nitrogen and oxygen atoms in total. The Bertz CT molecular complexity index is 1070. The van der Waals surface area contributed by atoms with E-state index in [0.29, 0.717) is 19.2 Å². The summed E-state index contributed by atoms with van der Waals surface area (Å²) in [5.41, 5.74) is 1.00. The highest BCUT2D eigenvalue weighted by molar-refractivity contribution is 9.10. The average molecular weight is 403 g/mol. The van der Waals surface area contributed by atoms with Crippen LogP contribution in [0.25, 0.3) is 12.2 Å². The minimum absolute atomic E-state index is 0.129. The van der Waals surface area contributed by atoms with Gasteiger partial charge in [0.15, 0.2) is 5.78 Å². The molecule has 0 spiro atoms. The summed E-state index contributed by atoms with van der Waals surface area (Å²) in [5.74, 6) is -0.0713. The van der Waals surface area contributed by atoms with E-state index in [0.717, 1.165) is 5.56 Å². The highest BCUT2D eigenvalue weighted by Crippen LogP contribution is 2.24. The van der Waals surface area contributed by atoms with Crippen molar-refractivity contribution in [2.24, 2.45) is 0 Å². The summed E-state index contributed by atoms with van der Waals surface area (Å²) in [4.78, 5) is 30.7. The molecule has 0 radical (unpaired) electrons. The van der Waals surface area contributed by atoms with E-state index >= 15 is 0 Å². The third-order valence-electron chi connectivity index (χ3n) is 3.18. The molecule has 1 aromatic carbocycles. The Labute approximate surface area is 148 Å². The number of halogens is 1. The van der Waals surface area contributed by atoms with Crippen LogP contribution in [-0.2, 0) is 0 Å². The molecule has 0 saturated carbocycles. The molecule has 0 saturated heterocycles. The smallest absolute Gasteiger partial charge is 0.266 e. The standard InChI is InChI=1S/C17H11BrN2O3S/c18-12-7-10(1-2-13(12)21)8-15-17(23)20-16(24-15)9-14(22)11-3-5-19-6-4-11/h1-9,21H,(H,20,23)/b15-8+,16-9-. The van der Waals surface area contributed by atoms with E-state index in [1.54, 1.807) is 42.7 Å². The molecule has 24 heavy (non-hydrogen) atoms. The van der Waals surface area contributed by atoms with Crippen molar-refractivity contribution in [3.8, 4) is 5.75 Å². The molecule has 0 aliphatic heterocycles. The van der Waals surface area contributed by atoms with E-state index in [2.05, 4.69) is 25.9 Å². The molecule has 2 N–H and O–H groups in total. The van der Waals surface area contributed by atoms with Crippen LogP contribution < -0.4 is 14.8 Å². The number of pyridine rings is 1. The van der Waals surface area contributed by atoms with Crippen LogP contribution in [0.5, 0.6) is 5.75 Å². The number of carbonyl (C=O) groups is 1. The number of nitrogens with zero attached hydrogens (tertiary/aromatic N) is 1. The number of aromatic hydroxyl groups is 1. The quantitative estimate of drug-likeness (QED) is 0.654. The van der Waals surface area contributed by atoms with Crippen LogP contribution in [0, 0.1) is 0 Å². The number of hydrogen-bond donors (Lipinski definition) is 2. The Morgan fingerprint density at radius 2 is 2.00 bits per heavy atom. The minimum atomic E-state index is -0.266. The molecule has 0 aliphatic carbocycles. The number of Topliss-reactive ketones (excluding diaryl/α,β-unsaturated/α-hetero) is 1. The van der Waals surface area contributed by atoms with Gasteiger partial charge in [-0.05, 0) is 51.8 Å². The zero-order valence-electron chi connectivity index (χ0n) is 12.2. The van der Waals surface area contributed by atoms with Crippen molar-refractivity contribution in [1.82, 2.24) is 9.97 Å². The molecule has 0 amide bonds. The first-order valence-electron chi connectivity index (χ1n) is 6.88. The second-order valence-electron chi connectivity index (χ2n) is 4.88. The van der Waals surface area contributed by atoms with Gasteiger partial charge in [-0.15, -0.1) is 11.3 Å². The molecule has 0 bridgehead atoms. The second-order valence-corrected chi connectivity index (χ2v) is 6.82. The Balaban J connectivity index is 2.00. The number of nitrogens with one attached hydrogen (secondary N) is 1. The van der Waals surface area contributed by atoms with Crippen molar-refractivity contribution in [3.05, 3.63) is 77.9 Å². The summed E-state index contributed by atoms with van der Waals surface area (Å²) in [6.45, 7) is 0. The van der Waals surface area contributed by atoms with Gasteiger partial charge in [-0.1, -0.05) is 6.07 Å². The fourth-order valence-electron chi connectivity index (χ4n) is 2.01. The lowest BCUT2D eigenvalue weighted by molar-refractivity contribution is 0.106. The molecule has 0 fully saturated rings. The lowest BCUT2D eigenvalue weighted by Gasteiger charge is -1.97. The van der Waals surface area contributed by atoms with E-state index in [-0.39, 0.29) is 17.1 Å². The van der Waals surface area contributed by atoms with Crippen molar-refractivity contribution < 1.29 is 9.90 Å². The number of hydrogen-bond acceptors (Lipinski definition) is 5. The van der Waals surface area contributed by atoms with E-state index in [9.17, 15) is 14.7 Å². The van der Waals surface area contributed by atoms with E-state index in [4.69, 9.17) is 0 Å². The minimum Gasteiger partial charge on any atom is -0.507 e. The monoisotopic (exact) mass is 402 g/mol. The van der Waals surface area contributed by atoms with Crippen LogP contribution in [0.15, 0.2) is 52.0 Å². The number of thiazole rings is 1. The van der Waals surface area contributed by atoms with Gasteiger partial charge in [-0.3, -0.25) is 14.6 Å². The topological polar surface area (TPSA) is 83.0 Å². The van der Waals surface area contributed by atoms with Gasteiger partial charge in [0.2, 0.25) is 0 Å². The van der Waals surface area contributed by atoms with E-state index < -0.39 is 0 Å². The van der Waals surface area contributed by atoms with Crippen LogP contribution in [0.1, 0.15) is 15.9 Å². The maximum atomic E-state index is 12.1. The number of rotatable bonds is 3. The first-order chi connectivity index (χ1) is 11.5. The third-order valence-corrected chi connectivity index (χ3v) is 4.78. The van der Waals surface area contributed by atoms with Crippen molar-refractivity contribution in [2.45, 2.75) is 0 Å². The van der Waals surface area contributed by atoms with Gasteiger partial charge in [0.1, 0.15) is 5.75 Å². The van der Waals surface area contributed by atoms with Gasteiger partial charge in [0.25, 0.3) is 5.56 Å². The summed E-state index contributed by atoms with van der Waals surface area (Å²) in [6.07, 6.45) is 6.17. The highest BCUT2D eigenvalue weighted by Gasteiger charge is 2.03. The lowest BCUT2D eigenvalue weighted by atomic mass is 10.2. The number of phenolic OH excluding ortho intramolecular Hbond substituents is 1. The highest BCUT2D eigenvalue weighted by atomic mass is 79.9. The van der Waals surface area contributed by atoms with Crippen molar-refractivity contribution in [2.75, 3.05) is 0 Å². The van der Waals surface area contributed by atoms with Gasteiger partial charge in [0.05, 0.1) is 13.7 Å². The van der Waals surface area contributed by atoms with Gasteiger partial charge in [0, 0.05) is 24.0 Å². The summed E-state index contributed by atoms with van der Waals surface area (Å²) in [5, 5.41) is 9.50. The number of carbonyl (C=O) groups excluding carboxylic acids is 1. The lowest BCUT2D eigenvalue weighted by Crippen LogP contribution is -2.20. The van der Waals surface area contributed by atoms with Crippen LogP contribution >= 0.6 is 27.3 Å². The van der Waals surface area contributed by atoms with Crippen LogP contribution in [0.4, 0.5) is 0 Å². The van der Waals surface area contributed by atoms with E-state index in [1.165, 1.54) is 23.5 Å². The summed E-state index contributed by atoms with van der Waals surface area (Å²) in [6, 6.07) is 8.18. The fourth-order valence-corrected chi connectivity index (χ4v) is 3.29. The maximum Gasteiger partial charge on any atom is 0.266 e.